The summed E-state index contributed by atoms with van der Waals surface area (Å²) in [5.41, 5.74) is -0.423. The van der Waals surface area contributed by atoms with E-state index < -0.39 is 17.4 Å². The normalized spacial score (nSPS) is 21.2. The topological polar surface area (TPSA) is 93.5 Å². The highest BCUT2D eigenvalue weighted by Gasteiger charge is 2.49. The fraction of sp³-hybridized carbons (Fsp3) is 0.478. The van der Waals surface area contributed by atoms with Gasteiger partial charge in [-0.25, -0.2) is 4.79 Å². The van der Waals surface area contributed by atoms with Crippen molar-refractivity contribution in [3.05, 3.63) is 46.7 Å². The van der Waals surface area contributed by atoms with E-state index in [-0.39, 0.29) is 36.5 Å². The Morgan fingerprint density at radius 3 is 2.56 bits per heavy atom. The number of fused-ring (bicyclic) bond motifs is 1. The third kappa shape index (κ3) is 4.11. The van der Waals surface area contributed by atoms with Crippen LogP contribution in [0.1, 0.15) is 66.9 Å². The van der Waals surface area contributed by atoms with Gasteiger partial charge in [-0.1, -0.05) is 30.9 Å². The van der Waals surface area contributed by atoms with E-state index in [1.807, 2.05) is 0 Å². The van der Waals surface area contributed by atoms with Gasteiger partial charge < -0.3 is 10.1 Å². The average molecular weight is 459 g/mol. The quantitative estimate of drug-likeness (QED) is 0.691. The summed E-state index contributed by atoms with van der Waals surface area (Å²) in [5.74, 6) is -1.26. The van der Waals surface area contributed by atoms with E-state index in [0.29, 0.717) is 10.7 Å². The lowest BCUT2D eigenvalue weighted by molar-refractivity contribution is -0.127. The maximum atomic E-state index is 13.6. The molecule has 1 aromatic carbocycles. The lowest BCUT2D eigenvalue weighted by Crippen LogP contribution is -2.65. The molecule has 1 atom stereocenters. The molecule has 1 aliphatic carbocycles. The van der Waals surface area contributed by atoms with Crippen molar-refractivity contribution < 1.29 is 19.1 Å². The van der Waals surface area contributed by atoms with Gasteiger partial charge in [0.15, 0.2) is 5.69 Å². The predicted octanol–water partition coefficient (Wildman–Crippen LogP) is 3.58. The van der Waals surface area contributed by atoms with Crippen LogP contribution >= 0.6 is 11.6 Å². The Bertz CT molecular complexity index is 1030. The number of nitrogens with one attached hydrogen (secondary N) is 1. The Morgan fingerprint density at radius 2 is 1.91 bits per heavy atom. The third-order valence-electron chi connectivity index (χ3n) is 6.15. The molecular formula is C23H27ClN4O4. The number of esters is 1. The summed E-state index contributed by atoms with van der Waals surface area (Å²) in [6, 6.07) is 8.29. The maximum absolute atomic E-state index is 13.6. The van der Waals surface area contributed by atoms with Crippen molar-refractivity contribution in [2.24, 2.45) is 0 Å². The molecule has 9 heteroatoms. The van der Waals surface area contributed by atoms with E-state index in [0.717, 1.165) is 25.7 Å². The first-order valence-corrected chi connectivity index (χ1v) is 11.4. The molecule has 2 aromatic rings. The number of rotatable bonds is 5. The lowest BCUT2D eigenvalue weighted by Gasteiger charge is -2.44. The molecule has 8 nitrogen and oxygen atoms in total. The van der Waals surface area contributed by atoms with Gasteiger partial charge in [-0.3, -0.25) is 19.2 Å². The number of aromatic nitrogens is 2. The Kier molecular flexibility index (Phi) is 6.24. The Labute approximate surface area is 191 Å². The monoisotopic (exact) mass is 458 g/mol. The second-order valence-electron chi connectivity index (χ2n) is 8.49. The molecule has 0 spiro atoms. The predicted molar refractivity (Wildman–Crippen MR) is 120 cm³/mol. The minimum atomic E-state index is -1.24. The smallest absolute Gasteiger partial charge is 0.358 e. The molecule has 4 rings (SSSR count). The van der Waals surface area contributed by atoms with Crippen LogP contribution in [-0.2, 0) is 16.1 Å². The number of amides is 2. The van der Waals surface area contributed by atoms with Crippen LogP contribution in [0.2, 0.25) is 5.02 Å². The number of nitrogens with zero attached hydrogens (tertiary/aromatic N) is 3. The van der Waals surface area contributed by atoms with Crippen molar-refractivity contribution in [1.29, 1.82) is 0 Å². The first kappa shape index (κ1) is 22.3. The number of carbonyl (C=O) groups excluding carboxylic acids is 3. The maximum Gasteiger partial charge on any atom is 0.358 e. The number of hydrogen-bond acceptors (Lipinski definition) is 5. The molecule has 0 radical (unpaired) electrons. The van der Waals surface area contributed by atoms with Crippen LogP contribution in [0.3, 0.4) is 0 Å². The molecular weight excluding hydrogens is 432 g/mol. The Morgan fingerprint density at radius 1 is 1.22 bits per heavy atom. The zero-order valence-corrected chi connectivity index (χ0v) is 19.0. The molecule has 1 aromatic heterocycles. The largest absolute Gasteiger partial charge is 0.461 e. The van der Waals surface area contributed by atoms with Crippen molar-refractivity contribution in [2.45, 2.75) is 64.1 Å². The molecule has 1 N–H and O–H groups in total. The van der Waals surface area contributed by atoms with Gasteiger partial charge in [0.25, 0.3) is 5.91 Å². The Balaban J connectivity index is 1.73. The minimum Gasteiger partial charge on any atom is -0.461 e. The van der Waals surface area contributed by atoms with Crippen LogP contribution in [0.25, 0.3) is 0 Å². The summed E-state index contributed by atoms with van der Waals surface area (Å²) in [7, 11) is 0. The summed E-state index contributed by atoms with van der Waals surface area (Å²) in [6.07, 6.45) is 5.18. The fourth-order valence-electron chi connectivity index (χ4n) is 4.47. The zero-order chi connectivity index (χ0) is 22.9. The van der Waals surface area contributed by atoms with Crippen LogP contribution < -0.4 is 10.2 Å². The van der Waals surface area contributed by atoms with Gasteiger partial charge in [0, 0.05) is 22.8 Å². The number of hydrogen-bond donors (Lipinski definition) is 1. The summed E-state index contributed by atoms with van der Waals surface area (Å²) in [5, 5.41) is 7.96. The summed E-state index contributed by atoms with van der Waals surface area (Å²) < 4.78 is 6.46. The lowest BCUT2D eigenvalue weighted by atomic mass is 9.91. The SMILES string of the molecule is CCOC(=O)c1cc2n(n1)C[C@@](C)(C(=O)NC1CCCCC1)N(c1ccc(Cl)cc1)C2=O. The van der Waals surface area contributed by atoms with E-state index in [4.69, 9.17) is 16.3 Å². The molecule has 0 bridgehead atoms. The van der Waals surface area contributed by atoms with Gasteiger partial charge in [-0.15, -0.1) is 0 Å². The van der Waals surface area contributed by atoms with Crippen molar-refractivity contribution in [3.63, 3.8) is 0 Å². The van der Waals surface area contributed by atoms with Crippen LogP contribution in [0.4, 0.5) is 5.69 Å². The molecule has 170 valence electrons. The van der Waals surface area contributed by atoms with Crippen LogP contribution in [0, 0.1) is 0 Å². The second-order valence-corrected chi connectivity index (χ2v) is 8.93. The van der Waals surface area contributed by atoms with E-state index in [9.17, 15) is 14.4 Å². The average Bonchev–Trinajstić information content (AvgIpc) is 3.20. The fourth-order valence-corrected chi connectivity index (χ4v) is 4.59. The molecule has 0 saturated heterocycles. The molecule has 1 fully saturated rings. The first-order chi connectivity index (χ1) is 15.3. The van der Waals surface area contributed by atoms with Crippen molar-refractivity contribution >= 4 is 35.1 Å². The zero-order valence-electron chi connectivity index (χ0n) is 18.3. The second kappa shape index (κ2) is 8.94. The van der Waals surface area contributed by atoms with Crippen molar-refractivity contribution in [2.75, 3.05) is 11.5 Å². The third-order valence-corrected chi connectivity index (χ3v) is 6.40. The van der Waals surface area contributed by atoms with Gasteiger partial charge in [0.2, 0.25) is 5.91 Å². The van der Waals surface area contributed by atoms with Crippen LogP contribution in [-0.4, -0.2) is 45.8 Å². The number of carbonyl (C=O) groups is 3. The van der Waals surface area contributed by atoms with Gasteiger partial charge in [0.1, 0.15) is 11.2 Å². The number of benzene rings is 1. The summed E-state index contributed by atoms with van der Waals surface area (Å²) >= 11 is 6.05. The molecule has 32 heavy (non-hydrogen) atoms. The van der Waals surface area contributed by atoms with Gasteiger partial charge in [-0.2, -0.15) is 5.10 Å². The number of anilines is 1. The Hall–Kier alpha value is -2.87. The number of ether oxygens (including phenoxy) is 1. The molecule has 2 aliphatic rings. The van der Waals surface area contributed by atoms with Crippen LogP contribution in [0.5, 0.6) is 0 Å². The van der Waals surface area contributed by atoms with E-state index in [1.54, 1.807) is 38.1 Å². The first-order valence-electron chi connectivity index (χ1n) is 11.0. The summed E-state index contributed by atoms with van der Waals surface area (Å²) in [4.78, 5) is 40.9. The molecule has 2 amide bonds. The van der Waals surface area contributed by atoms with Gasteiger partial charge in [-0.05, 0) is 51.0 Å². The van der Waals surface area contributed by atoms with Crippen LogP contribution in [0.15, 0.2) is 30.3 Å². The molecule has 0 unspecified atom stereocenters. The highest BCUT2D eigenvalue weighted by Crippen LogP contribution is 2.34. The highest BCUT2D eigenvalue weighted by atomic mass is 35.5. The molecule has 1 saturated carbocycles. The van der Waals surface area contributed by atoms with E-state index in [2.05, 4.69) is 10.4 Å². The van der Waals surface area contributed by atoms with Gasteiger partial charge >= 0.3 is 5.97 Å². The minimum absolute atomic E-state index is 0.0446. The molecule has 1 aliphatic heterocycles. The molecule has 2 heterocycles. The van der Waals surface area contributed by atoms with Crippen molar-refractivity contribution in [1.82, 2.24) is 15.1 Å². The highest BCUT2D eigenvalue weighted by molar-refractivity contribution is 6.30. The van der Waals surface area contributed by atoms with E-state index in [1.165, 1.54) is 22.1 Å². The standard InChI is InChI=1S/C23H27ClN4O4/c1-3-32-21(30)18-13-19-20(29)28(17-11-9-15(24)10-12-17)23(2,14-27(19)26-18)22(31)25-16-7-5-4-6-8-16/h9-13,16H,3-8,14H2,1-2H3,(H,25,31)/t23-/m0/s1. The van der Waals surface area contributed by atoms with Crippen molar-refractivity contribution in [3.8, 4) is 0 Å². The van der Waals surface area contributed by atoms with E-state index >= 15 is 0 Å². The van der Waals surface area contributed by atoms with Gasteiger partial charge in [0.05, 0.1) is 13.2 Å². The number of halogens is 1. The summed E-state index contributed by atoms with van der Waals surface area (Å²) in [6.45, 7) is 3.74.